The highest BCUT2D eigenvalue weighted by Gasteiger charge is 2.13. The number of nitrogens with two attached hydrogens (primary N) is 1. The number of anilines is 2. The smallest absolute Gasteiger partial charge is 0.337 e. The third kappa shape index (κ3) is 3.88. The molecule has 2 rings (SSSR count). The first kappa shape index (κ1) is 13.7. The van der Waals surface area contributed by atoms with Crippen LogP contribution in [0, 0.1) is 0 Å². The molecule has 1 aliphatic carbocycles. The Bertz CT molecular complexity index is 438. The van der Waals surface area contributed by atoms with Gasteiger partial charge in [0.25, 0.3) is 0 Å². The fraction of sp³-hybridized carbons (Fsp3) is 0.533. The first-order chi connectivity index (χ1) is 9.16. The van der Waals surface area contributed by atoms with Crippen LogP contribution in [0.5, 0.6) is 0 Å². The number of rotatable bonds is 3. The number of benzene rings is 1. The zero-order chi connectivity index (χ0) is 13.7. The van der Waals surface area contributed by atoms with Crippen molar-refractivity contribution in [3.05, 3.63) is 23.8 Å². The van der Waals surface area contributed by atoms with E-state index in [9.17, 15) is 4.79 Å². The number of nitrogens with one attached hydrogen (secondary N) is 1. The van der Waals surface area contributed by atoms with E-state index in [1.807, 2.05) is 0 Å². The highest BCUT2D eigenvalue weighted by Crippen LogP contribution is 2.23. The molecule has 1 aliphatic rings. The van der Waals surface area contributed by atoms with Crippen molar-refractivity contribution < 1.29 is 9.90 Å². The number of hydrogen-bond donors (Lipinski definition) is 3. The van der Waals surface area contributed by atoms with Crippen LogP contribution >= 0.6 is 0 Å². The van der Waals surface area contributed by atoms with Gasteiger partial charge in [-0.1, -0.05) is 32.1 Å². The van der Waals surface area contributed by atoms with Crippen molar-refractivity contribution in [2.45, 2.75) is 51.0 Å². The Morgan fingerprint density at radius 2 is 1.79 bits per heavy atom. The van der Waals surface area contributed by atoms with Gasteiger partial charge in [0.2, 0.25) is 0 Å². The van der Waals surface area contributed by atoms with E-state index in [0.717, 1.165) is 5.69 Å². The minimum atomic E-state index is -0.977. The Morgan fingerprint density at radius 3 is 2.37 bits per heavy atom. The SMILES string of the molecule is Nc1cc(NC2CCCCCCC2)ccc1C(=O)O. The van der Waals surface area contributed by atoms with Crippen LogP contribution in [0.3, 0.4) is 0 Å². The van der Waals surface area contributed by atoms with Gasteiger partial charge in [0, 0.05) is 17.4 Å². The third-order valence-corrected chi connectivity index (χ3v) is 3.76. The summed E-state index contributed by atoms with van der Waals surface area (Å²) in [5, 5.41) is 12.4. The summed E-state index contributed by atoms with van der Waals surface area (Å²) in [6.45, 7) is 0. The summed E-state index contributed by atoms with van der Waals surface area (Å²) in [6.07, 6.45) is 8.88. The predicted molar refractivity (Wildman–Crippen MR) is 77.5 cm³/mol. The van der Waals surface area contributed by atoms with Crippen molar-refractivity contribution in [2.75, 3.05) is 11.1 Å². The monoisotopic (exact) mass is 262 g/mol. The zero-order valence-corrected chi connectivity index (χ0v) is 11.2. The minimum Gasteiger partial charge on any atom is -0.478 e. The maximum atomic E-state index is 10.9. The summed E-state index contributed by atoms with van der Waals surface area (Å²) in [5.41, 5.74) is 7.18. The molecule has 104 valence electrons. The molecule has 4 nitrogen and oxygen atoms in total. The quantitative estimate of drug-likeness (QED) is 0.729. The lowest BCUT2D eigenvalue weighted by atomic mass is 9.96. The molecule has 0 atom stereocenters. The molecular formula is C15H22N2O2. The van der Waals surface area contributed by atoms with Crippen LogP contribution in [0.25, 0.3) is 0 Å². The summed E-state index contributed by atoms with van der Waals surface area (Å²) in [4.78, 5) is 10.9. The molecule has 0 radical (unpaired) electrons. The first-order valence-corrected chi connectivity index (χ1v) is 7.06. The topological polar surface area (TPSA) is 75.3 Å². The standard InChI is InChI=1S/C15H22N2O2/c16-14-10-12(8-9-13(14)15(18)19)17-11-6-4-2-1-3-5-7-11/h8-11,17H,1-7,16H2,(H,18,19). The van der Waals surface area contributed by atoms with Gasteiger partial charge in [-0.05, 0) is 31.0 Å². The molecule has 1 aromatic carbocycles. The predicted octanol–water partition coefficient (Wildman–Crippen LogP) is 3.49. The number of hydrogen-bond acceptors (Lipinski definition) is 3. The molecule has 0 spiro atoms. The van der Waals surface area contributed by atoms with E-state index < -0.39 is 5.97 Å². The average Bonchev–Trinajstić information content (AvgIpc) is 2.32. The lowest BCUT2D eigenvalue weighted by Crippen LogP contribution is -2.20. The van der Waals surface area contributed by atoms with Gasteiger partial charge in [-0.2, -0.15) is 0 Å². The van der Waals surface area contributed by atoms with Gasteiger partial charge in [0.1, 0.15) is 0 Å². The summed E-state index contributed by atoms with van der Waals surface area (Å²) < 4.78 is 0. The van der Waals surface area contributed by atoms with Gasteiger partial charge >= 0.3 is 5.97 Å². The van der Waals surface area contributed by atoms with E-state index in [2.05, 4.69) is 5.32 Å². The number of carboxylic acids is 1. The Morgan fingerprint density at radius 1 is 1.16 bits per heavy atom. The molecule has 1 aromatic rings. The Kier molecular flexibility index (Phi) is 4.66. The van der Waals surface area contributed by atoms with Crippen molar-refractivity contribution in [1.82, 2.24) is 0 Å². The molecule has 0 unspecified atom stereocenters. The first-order valence-electron chi connectivity index (χ1n) is 7.06. The maximum absolute atomic E-state index is 10.9. The van der Waals surface area contributed by atoms with Crippen molar-refractivity contribution in [3.63, 3.8) is 0 Å². The molecule has 1 fully saturated rings. The minimum absolute atomic E-state index is 0.170. The number of nitrogen functional groups attached to an aromatic ring is 1. The Hall–Kier alpha value is -1.71. The molecule has 19 heavy (non-hydrogen) atoms. The van der Waals surface area contributed by atoms with Crippen LogP contribution in [0.4, 0.5) is 11.4 Å². The molecule has 4 N–H and O–H groups in total. The Labute approximate surface area is 114 Å². The van der Waals surface area contributed by atoms with Crippen molar-refractivity contribution in [3.8, 4) is 0 Å². The molecule has 1 saturated carbocycles. The van der Waals surface area contributed by atoms with Crippen molar-refractivity contribution in [1.29, 1.82) is 0 Å². The van der Waals surface area contributed by atoms with Gasteiger partial charge in [-0.25, -0.2) is 4.79 Å². The largest absolute Gasteiger partial charge is 0.478 e. The van der Waals surface area contributed by atoms with Gasteiger partial charge in [0.05, 0.1) is 5.56 Å². The molecule has 0 aliphatic heterocycles. The zero-order valence-electron chi connectivity index (χ0n) is 11.2. The number of carbonyl (C=O) groups is 1. The second-order valence-electron chi connectivity index (χ2n) is 5.29. The van der Waals surface area contributed by atoms with Gasteiger partial charge in [0.15, 0.2) is 0 Å². The summed E-state index contributed by atoms with van der Waals surface area (Å²) in [6, 6.07) is 5.58. The molecule has 0 bridgehead atoms. The summed E-state index contributed by atoms with van der Waals surface area (Å²) >= 11 is 0. The fourth-order valence-electron chi connectivity index (χ4n) is 2.68. The lowest BCUT2D eigenvalue weighted by molar-refractivity contribution is 0.0698. The van der Waals surface area contributed by atoms with Crippen LogP contribution in [0.15, 0.2) is 18.2 Å². The average molecular weight is 262 g/mol. The van der Waals surface area contributed by atoms with E-state index in [0.29, 0.717) is 11.7 Å². The van der Waals surface area contributed by atoms with Crippen LogP contribution in [-0.2, 0) is 0 Å². The molecule has 0 heterocycles. The maximum Gasteiger partial charge on any atom is 0.337 e. The molecule has 0 aromatic heterocycles. The van der Waals surface area contributed by atoms with Gasteiger partial charge in [-0.3, -0.25) is 0 Å². The molecule has 4 heteroatoms. The van der Waals surface area contributed by atoms with E-state index in [-0.39, 0.29) is 5.56 Å². The highest BCUT2D eigenvalue weighted by molar-refractivity contribution is 5.94. The Balaban J connectivity index is 2.01. The van der Waals surface area contributed by atoms with Crippen LogP contribution < -0.4 is 11.1 Å². The van der Waals surface area contributed by atoms with Crippen molar-refractivity contribution >= 4 is 17.3 Å². The lowest BCUT2D eigenvalue weighted by Gasteiger charge is -2.22. The normalized spacial score (nSPS) is 17.5. The van der Waals surface area contributed by atoms with Crippen LogP contribution in [-0.4, -0.2) is 17.1 Å². The van der Waals surface area contributed by atoms with Crippen LogP contribution in [0.2, 0.25) is 0 Å². The second kappa shape index (κ2) is 6.45. The second-order valence-corrected chi connectivity index (χ2v) is 5.29. The van der Waals surface area contributed by atoms with Crippen molar-refractivity contribution in [2.24, 2.45) is 0 Å². The van der Waals surface area contributed by atoms with Crippen LogP contribution in [0.1, 0.15) is 55.3 Å². The van der Waals surface area contributed by atoms with Gasteiger partial charge in [-0.15, -0.1) is 0 Å². The third-order valence-electron chi connectivity index (χ3n) is 3.76. The van der Waals surface area contributed by atoms with E-state index >= 15 is 0 Å². The molecular weight excluding hydrogens is 240 g/mol. The summed E-state index contributed by atoms with van der Waals surface area (Å²) in [7, 11) is 0. The van der Waals surface area contributed by atoms with E-state index in [1.54, 1.807) is 18.2 Å². The van der Waals surface area contributed by atoms with E-state index in [4.69, 9.17) is 10.8 Å². The van der Waals surface area contributed by atoms with Gasteiger partial charge < -0.3 is 16.2 Å². The molecule has 0 saturated heterocycles. The van der Waals surface area contributed by atoms with E-state index in [1.165, 1.54) is 44.9 Å². The number of aromatic carboxylic acids is 1. The highest BCUT2D eigenvalue weighted by atomic mass is 16.4. The summed E-state index contributed by atoms with van der Waals surface area (Å²) in [5.74, 6) is -0.977. The fourth-order valence-corrected chi connectivity index (χ4v) is 2.68. The number of carboxylic acid groups (broad SMARTS) is 1. The molecule has 0 amide bonds.